The van der Waals surface area contributed by atoms with Crippen LogP contribution >= 0.6 is 0 Å². The fraction of sp³-hybridized carbons (Fsp3) is 0.381. The second-order valence-electron chi connectivity index (χ2n) is 7.13. The van der Waals surface area contributed by atoms with Crippen LogP contribution in [-0.4, -0.2) is 35.5 Å². The van der Waals surface area contributed by atoms with E-state index in [1.165, 1.54) is 0 Å². The summed E-state index contributed by atoms with van der Waals surface area (Å²) in [5, 5.41) is 12.6. The van der Waals surface area contributed by atoms with Crippen LogP contribution in [0, 0.1) is 11.8 Å². The number of benzene rings is 2. The van der Waals surface area contributed by atoms with Crippen molar-refractivity contribution in [3.05, 3.63) is 54.1 Å². The topological polar surface area (TPSA) is 52.6 Å². The second kappa shape index (κ2) is 6.98. The summed E-state index contributed by atoms with van der Waals surface area (Å²) in [7, 11) is 0. The predicted molar refractivity (Wildman–Crippen MR) is 99.1 cm³/mol. The van der Waals surface area contributed by atoms with Crippen molar-refractivity contribution in [1.82, 2.24) is 4.90 Å². The molecule has 0 saturated carbocycles. The van der Waals surface area contributed by atoms with Gasteiger partial charge in [0, 0.05) is 12.2 Å². The third kappa shape index (κ3) is 3.32. The van der Waals surface area contributed by atoms with Crippen molar-refractivity contribution in [3.63, 3.8) is 0 Å². The smallest absolute Gasteiger partial charge is 0.229 e. The lowest BCUT2D eigenvalue weighted by Crippen LogP contribution is -2.51. The van der Waals surface area contributed by atoms with Gasteiger partial charge in [0.25, 0.3) is 0 Å². The van der Waals surface area contributed by atoms with Crippen molar-refractivity contribution in [2.75, 3.05) is 25.0 Å². The van der Waals surface area contributed by atoms with E-state index in [1.807, 2.05) is 48.5 Å². The number of anilines is 1. The number of hydrogen-bond donors (Lipinski definition) is 2. The van der Waals surface area contributed by atoms with Gasteiger partial charge in [0.15, 0.2) is 0 Å². The molecule has 1 atom stereocenters. The van der Waals surface area contributed by atoms with E-state index in [1.54, 1.807) is 0 Å². The van der Waals surface area contributed by atoms with Crippen LogP contribution in [0.1, 0.15) is 18.4 Å². The number of carbonyl (C=O) groups excluding carboxylic acids is 1. The van der Waals surface area contributed by atoms with Gasteiger partial charge in [-0.3, -0.25) is 4.79 Å². The molecule has 0 aromatic heterocycles. The summed E-state index contributed by atoms with van der Waals surface area (Å²) in [6.07, 6.45) is 2.30. The minimum atomic E-state index is 0.0221. The molecule has 25 heavy (non-hydrogen) atoms. The Kier molecular flexibility index (Phi) is 4.55. The van der Waals surface area contributed by atoms with Gasteiger partial charge in [0.1, 0.15) is 0 Å². The third-order valence-corrected chi connectivity index (χ3v) is 5.64. The molecule has 0 unspecified atom stereocenters. The average molecular weight is 336 g/mol. The summed E-state index contributed by atoms with van der Waals surface area (Å²) in [4.78, 5) is 15.0. The molecule has 0 spiro atoms. The number of rotatable bonds is 4. The molecule has 2 bridgehead atoms. The second-order valence-corrected chi connectivity index (χ2v) is 7.13. The van der Waals surface area contributed by atoms with Gasteiger partial charge in [0.2, 0.25) is 5.91 Å². The quantitative estimate of drug-likeness (QED) is 0.902. The van der Waals surface area contributed by atoms with Crippen LogP contribution in [0.2, 0.25) is 0 Å². The maximum absolute atomic E-state index is 12.6. The first kappa shape index (κ1) is 16.3. The Morgan fingerprint density at radius 3 is 2.44 bits per heavy atom. The number of amides is 1. The number of fused-ring (bicyclic) bond motifs is 3. The maximum atomic E-state index is 12.6. The Bertz CT molecular complexity index is 749. The highest BCUT2D eigenvalue weighted by Gasteiger charge is 2.38. The molecule has 4 heteroatoms. The minimum Gasteiger partial charge on any atom is -0.392 e. The molecule has 2 N–H and O–H groups in total. The lowest BCUT2D eigenvalue weighted by atomic mass is 9.78. The zero-order valence-electron chi connectivity index (χ0n) is 14.3. The maximum Gasteiger partial charge on any atom is 0.229 e. The number of carbonyl (C=O) groups is 1. The van der Waals surface area contributed by atoms with E-state index in [0.29, 0.717) is 5.92 Å². The van der Waals surface area contributed by atoms with Crippen molar-refractivity contribution in [1.29, 1.82) is 0 Å². The van der Waals surface area contributed by atoms with Gasteiger partial charge in [-0.1, -0.05) is 36.4 Å². The van der Waals surface area contributed by atoms with Crippen LogP contribution in [0.5, 0.6) is 0 Å². The first-order chi connectivity index (χ1) is 12.2. The van der Waals surface area contributed by atoms with Crippen LogP contribution in [0.25, 0.3) is 11.1 Å². The zero-order valence-corrected chi connectivity index (χ0v) is 14.3. The van der Waals surface area contributed by atoms with E-state index in [-0.39, 0.29) is 18.4 Å². The largest absolute Gasteiger partial charge is 0.392 e. The zero-order chi connectivity index (χ0) is 17.2. The number of aliphatic hydroxyl groups excluding tert-OH is 1. The highest BCUT2D eigenvalue weighted by atomic mass is 16.3. The highest BCUT2D eigenvalue weighted by Crippen LogP contribution is 2.33. The minimum absolute atomic E-state index is 0.0221. The lowest BCUT2D eigenvalue weighted by molar-refractivity contribution is -0.125. The van der Waals surface area contributed by atoms with E-state index >= 15 is 0 Å². The van der Waals surface area contributed by atoms with Crippen LogP contribution in [0.4, 0.5) is 5.69 Å². The third-order valence-electron chi connectivity index (χ3n) is 5.64. The molecule has 1 amide bonds. The monoisotopic (exact) mass is 336 g/mol. The van der Waals surface area contributed by atoms with Crippen LogP contribution in [-0.2, 0) is 11.4 Å². The standard InChI is InChI=1S/C21H24N2O2/c24-14-17-3-1-2-4-19(17)15-5-7-18(8-6-15)22-21(25)20-13-23-11-9-16(20)10-12-23/h1-8,16,20,24H,9-14H2,(H,22,25)/t20-/m0/s1. The van der Waals surface area contributed by atoms with Crippen molar-refractivity contribution in [2.24, 2.45) is 11.8 Å². The predicted octanol–water partition coefficient (Wildman–Crippen LogP) is 3.13. The number of nitrogens with one attached hydrogen (secondary N) is 1. The van der Waals surface area contributed by atoms with Crippen molar-refractivity contribution in [2.45, 2.75) is 19.4 Å². The Morgan fingerprint density at radius 1 is 1.08 bits per heavy atom. The van der Waals surface area contributed by atoms with Gasteiger partial charge in [-0.05, 0) is 60.7 Å². The van der Waals surface area contributed by atoms with Crippen LogP contribution in [0.3, 0.4) is 0 Å². The number of nitrogens with zero attached hydrogens (tertiary/aromatic N) is 1. The van der Waals surface area contributed by atoms with Crippen LogP contribution in [0.15, 0.2) is 48.5 Å². The lowest BCUT2D eigenvalue weighted by Gasteiger charge is -2.43. The summed E-state index contributed by atoms with van der Waals surface area (Å²) in [5.41, 5.74) is 3.82. The van der Waals surface area contributed by atoms with Crippen molar-refractivity contribution in [3.8, 4) is 11.1 Å². The Morgan fingerprint density at radius 2 is 1.80 bits per heavy atom. The van der Waals surface area contributed by atoms with E-state index in [2.05, 4.69) is 10.2 Å². The Hall–Kier alpha value is -2.17. The van der Waals surface area contributed by atoms with Gasteiger partial charge in [0.05, 0.1) is 12.5 Å². The summed E-state index contributed by atoms with van der Waals surface area (Å²) in [5.74, 6) is 0.816. The molecular formula is C21H24N2O2. The Balaban J connectivity index is 1.46. The molecule has 5 rings (SSSR count). The van der Waals surface area contributed by atoms with Crippen LogP contribution < -0.4 is 5.32 Å². The molecule has 0 aliphatic carbocycles. The van der Waals surface area contributed by atoms with E-state index < -0.39 is 0 Å². The van der Waals surface area contributed by atoms with Gasteiger partial charge in [-0.25, -0.2) is 0 Å². The first-order valence-electron chi connectivity index (χ1n) is 9.07. The SMILES string of the molecule is O=C(Nc1ccc(-c2ccccc2CO)cc1)[C@H]1CN2CCC1CC2. The van der Waals surface area contributed by atoms with E-state index in [0.717, 1.165) is 54.9 Å². The number of piperidine rings is 3. The molecule has 3 aliphatic rings. The van der Waals surface area contributed by atoms with Crippen molar-refractivity contribution >= 4 is 11.6 Å². The van der Waals surface area contributed by atoms with Gasteiger partial charge < -0.3 is 15.3 Å². The summed E-state index contributed by atoms with van der Waals surface area (Å²) >= 11 is 0. The molecule has 3 fully saturated rings. The number of aliphatic hydroxyl groups is 1. The Labute approximate surface area is 148 Å². The average Bonchev–Trinajstić information content (AvgIpc) is 2.69. The molecule has 130 valence electrons. The fourth-order valence-electron chi connectivity index (χ4n) is 4.17. The fourth-order valence-corrected chi connectivity index (χ4v) is 4.17. The van der Waals surface area contributed by atoms with Gasteiger partial charge in [-0.2, -0.15) is 0 Å². The molecule has 3 aliphatic heterocycles. The first-order valence-corrected chi connectivity index (χ1v) is 9.07. The molecule has 3 saturated heterocycles. The molecule has 2 aromatic rings. The van der Waals surface area contributed by atoms with Crippen molar-refractivity contribution < 1.29 is 9.90 Å². The van der Waals surface area contributed by atoms with E-state index in [9.17, 15) is 9.90 Å². The van der Waals surface area contributed by atoms with Gasteiger partial charge >= 0.3 is 0 Å². The summed E-state index contributed by atoms with van der Waals surface area (Å²) in [6, 6.07) is 15.7. The molecular weight excluding hydrogens is 312 g/mol. The summed E-state index contributed by atoms with van der Waals surface area (Å²) < 4.78 is 0. The van der Waals surface area contributed by atoms with Gasteiger partial charge in [-0.15, -0.1) is 0 Å². The number of hydrogen-bond acceptors (Lipinski definition) is 3. The summed E-state index contributed by atoms with van der Waals surface area (Å²) in [6.45, 7) is 3.22. The highest BCUT2D eigenvalue weighted by molar-refractivity contribution is 5.93. The molecule has 4 nitrogen and oxygen atoms in total. The molecule has 2 aromatic carbocycles. The molecule has 0 radical (unpaired) electrons. The normalized spacial score (nSPS) is 24.9. The van der Waals surface area contributed by atoms with E-state index in [4.69, 9.17) is 0 Å². The molecule has 3 heterocycles.